The number of ether oxygens (including phenoxy) is 1. The van der Waals surface area contributed by atoms with E-state index in [4.69, 9.17) is 0 Å². The van der Waals surface area contributed by atoms with Gasteiger partial charge in [0.05, 0.1) is 12.0 Å². The van der Waals surface area contributed by atoms with Crippen LogP contribution in [0, 0.1) is 0 Å². The van der Waals surface area contributed by atoms with Crippen molar-refractivity contribution in [3.63, 3.8) is 0 Å². The van der Waals surface area contributed by atoms with Gasteiger partial charge < -0.3 is 10.1 Å². The van der Waals surface area contributed by atoms with Crippen LogP contribution in [0.3, 0.4) is 0 Å². The number of hydrogen-bond acceptors (Lipinski definition) is 7. The first-order valence-corrected chi connectivity index (χ1v) is 8.99. The van der Waals surface area contributed by atoms with Crippen molar-refractivity contribution >= 4 is 27.3 Å². The fourth-order valence-electron chi connectivity index (χ4n) is 2.02. The van der Waals surface area contributed by atoms with Crippen LogP contribution >= 0.6 is 11.3 Å². The summed E-state index contributed by atoms with van der Waals surface area (Å²) in [7, 11) is -2.31. The molecule has 0 radical (unpaired) electrons. The average Bonchev–Trinajstić information content (AvgIpc) is 2.98. The molecule has 1 aliphatic rings. The first-order chi connectivity index (χ1) is 10.0. The maximum Gasteiger partial charge on any atom is 0.348 e. The lowest BCUT2D eigenvalue weighted by molar-refractivity contribution is 0.0606. The van der Waals surface area contributed by atoms with Crippen LogP contribution in [-0.2, 0) is 14.8 Å². The van der Waals surface area contributed by atoms with Crippen molar-refractivity contribution in [2.45, 2.75) is 4.90 Å². The second-order valence-electron chi connectivity index (χ2n) is 4.63. The number of nitrogens with one attached hydrogen (secondary N) is 2. The molecule has 0 saturated carbocycles. The topological polar surface area (TPSA) is 87.7 Å². The average molecular weight is 333 g/mol. The van der Waals surface area contributed by atoms with E-state index in [0.717, 1.165) is 37.5 Å². The minimum atomic E-state index is -3.57. The van der Waals surface area contributed by atoms with Gasteiger partial charge in [-0.1, -0.05) is 0 Å². The highest BCUT2D eigenvalue weighted by Gasteiger charge is 2.19. The van der Waals surface area contributed by atoms with Gasteiger partial charge in [-0.15, -0.1) is 11.3 Å². The minimum Gasteiger partial charge on any atom is -0.465 e. The molecular formula is C12H19N3O4S2. The molecule has 118 valence electrons. The second-order valence-corrected chi connectivity index (χ2v) is 7.31. The van der Waals surface area contributed by atoms with Crippen molar-refractivity contribution in [3.8, 4) is 0 Å². The predicted octanol–water partition coefficient (Wildman–Crippen LogP) is -0.282. The number of sulfonamides is 1. The van der Waals surface area contributed by atoms with E-state index in [2.05, 4.69) is 19.7 Å². The van der Waals surface area contributed by atoms with E-state index in [0.29, 0.717) is 13.1 Å². The highest BCUT2D eigenvalue weighted by Crippen LogP contribution is 2.19. The van der Waals surface area contributed by atoms with E-state index < -0.39 is 16.0 Å². The Labute approximate surface area is 128 Å². The lowest BCUT2D eigenvalue weighted by Gasteiger charge is -2.26. The third kappa shape index (κ3) is 4.48. The van der Waals surface area contributed by atoms with Crippen LogP contribution < -0.4 is 10.0 Å². The molecule has 9 heteroatoms. The lowest BCUT2D eigenvalue weighted by Crippen LogP contribution is -2.46. The van der Waals surface area contributed by atoms with Crippen molar-refractivity contribution in [1.29, 1.82) is 0 Å². The Balaban J connectivity index is 1.89. The number of carbonyl (C=O) groups excluding carboxylic acids is 1. The van der Waals surface area contributed by atoms with Crippen molar-refractivity contribution in [1.82, 2.24) is 14.9 Å². The molecule has 1 aromatic rings. The molecule has 2 rings (SSSR count). The summed E-state index contributed by atoms with van der Waals surface area (Å²) >= 11 is 1.06. The fourth-order valence-corrected chi connectivity index (χ4v) is 4.23. The number of thiophene rings is 1. The molecule has 1 aromatic heterocycles. The van der Waals surface area contributed by atoms with Crippen molar-refractivity contribution in [3.05, 3.63) is 16.3 Å². The molecule has 0 unspecified atom stereocenters. The van der Waals surface area contributed by atoms with Gasteiger partial charge in [0, 0.05) is 44.6 Å². The smallest absolute Gasteiger partial charge is 0.348 e. The summed E-state index contributed by atoms with van der Waals surface area (Å²) in [6.07, 6.45) is 0. The van der Waals surface area contributed by atoms with E-state index in [1.165, 1.54) is 18.6 Å². The van der Waals surface area contributed by atoms with Gasteiger partial charge in [-0.2, -0.15) is 0 Å². The number of rotatable bonds is 6. The largest absolute Gasteiger partial charge is 0.465 e. The zero-order valence-electron chi connectivity index (χ0n) is 11.8. The molecule has 2 N–H and O–H groups in total. The molecule has 0 bridgehead atoms. The Morgan fingerprint density at radius 3 is 2.86 bits per heavy atom. The van der Waals surface area contributed by atoms with Gasteiger partial charge in [0.25, 0.3) is 0 Å². The summed E-state index contributed by atoms with van der Waals surface area (Å²) in [6.45, 7) is 4.74. The van der Waals surface area contributed by atoms with Crippen LogP contribution in [0.25, 0.3) is 0 Å². The van der Waals surface area contributed by atoms with E-state index in [1.54, 1.807) is 0 Å². The highest BCUT2D eigenvalue weighted by molar-refractivity contribution is 7.89. The first-order valence-electron chi connectivity index (χ1n) is 6.62. The number of piperazine rings is 1. The van der Waals surface area contributed by atoms with Gasteiger partial charge in [-0.25, -0.2) is 17.9 Å². The highest BCUT2D eigenvalue weighted by atomic mass is 32.2. The maximum atomic E-state index is 12.1. The third-order valence-electron chi connectivity index (χ3n) is 3.20. The number of hydrogen-bond donors (Lipinski definition) is 2. The number of esters is 1. The molecule has 1 fully saturated rings. The zero-order valence-corrected chi connectivity index (χ0v) is 13.4. The van der Waals surface area contributed by atoms with E-state index in [9.17, 15) is 13.2 Å². The molecule has 2 heterocycles. The SMILES string of the molecule is COC(=O)c1cc(S(=O)(=O)NCCN2CCNCC2)cs1. The summed E-state index contributed by atoms with van der Waals surface area (Å²) in [4.78, 5) is 13.9. The molecule has 1 saturated heterocycles. The summed E-state index contributed by atoms with van der Waals surface area (Å²) in [5, 5.41) is 4.69. The summed E-state index contributed by atoms with van der Waals surface area (Å²) < 4.78 is 31.3. The standard InChI is InChI=1S/C12H19N3O4S2/c1-19-12(16)11-8-10(9-20-11)21(17,18)14-4-7-15-5-2-13-3-6-15/h8-9,13-14H,2-7H2,1H3. The third-order valence-corrected chi connectivity index (χ3v) is 5.70. The molecule has 7 nitrogen and oxygen atoms in total. The molecular weight excluding hydrogens is 314 g/mol. The van der Waals surface area contributed by atoms with E-state index in [1.807, 2.05) is 0 Å². The molecule has 21 heavy (non-hydrogen) atoms. The summed E-state index contributed by atoms with van der Waals surface area (Å²) in [5.41, 5.74) is 0. The van der Waals surface area contributed by atoms with Gasteiger partial charge in [0.2, 0.25) is 10.0 Å². The van der Waals surface area contributed by atoms with Crippen molar-refractivity contribution in [2.75, 3.05) is 46.4 Å². The van der Waals surface area contributed by atoms with Crippen LogP contribution in [0.4, 0.5) is 0 Å². The minimum absolute atomic E-state index is 0.105. The molecule has 0 aliphatic carbocycles. The molecule has 0 atom stereocenters. The Morgan fingerprint density at radius 2 is 2.19 bits per heavy atom. The predicted molar refractivity (Wildman–Crippen MR) is 80.2 cm³/mol. The van der Waals surface area contributed by atoms with Gasteiger partial charge in [0.15, 0.2) is 0 Å². The molecule has 0 amide bonds. The van der Waals surface area contributed by atoms with Gasteiger partial charge >= 0.3 is 5.97 Å². The van der Waals surface area contributed by atoms with E-state index >= 15 is 0 Å². The van der Waals surface area contributed by atoms with Gasteiger partial charge in [0.1, 0.15) is 4.88 Å². The molecule has 0 spiro atoms. The summed E-state index contributed by atoms with van der Waals surface area (Å²) in [5.74, 6) is -0.526. The Bertz CT molecular complexity index is 579. The number of methoxy groups -OCH3 is 1. The Kier molecular flexibility index (Phi) is 5.71. The summed E-state index contributed by atoms with van der Waals surface area (Å²) in [6, 6.07) is 1.34. The quantitative estimate of drug-likeness (QED) is 0.696. The molecule has 1 aliphatic heterocycles. The van der Waals surface area contributed by atoms with Gasteiger partial charge in [-0.3, -0.25) is 4.90 Å². The lowest BCUT2D eigenvalue weighted by atomic mass is 10.3. The van der Waals surface area contributed by atoms with E-state index in [-0.39, 0.29) is 9.77 Å². The van der Waals surface area contributed by atoms with Crippen molar-refractivity contribution < 1.29 is 17.9 Å². The van der Waals surface area contributed by atoms with Crippen LogP contribution in [0.2, 0.25) is 0 Å². The first kappa shape index (κ1) is 16.4. The fraction of sp³-hybridized carbons (Fsp3) is 0.583. The van der Waals surface area contributed by atoms with Crippen LogP contribution in [-0.4, -0.2) is 65.7 Å². The second kappa shape index (κ2) is 7.32. The number of nitrogens with zero attached hydrogens (tertiary/aromatic N) is 1. The Hall–Kier alpha value is -1.00. The van der Waals surface area contributed by atoms with Crippen LogP contribution in [0.5, 0.6) is 0 Å². The van der Waals surface area contributed by atoms with Crippen LogP contribution in [0.1, 0.15) is 9.67 Å². The van der Waals surface area contributed by atoms with Gasteiger partial charge in [-0.05, 0) is 6.07 Å². The molecule has 0 aromatic carbocycles. The maximum absolute atomic E-state index is 12.1. The zero-order chi connectivity index (χ0) is 15.3. The van der Waals surface area contributed by atoms with Crippen molar-refractivity contribution in [2.24, 2.45) is 0 Å². The monoisotopic (exact) mass is 333 g/mol. The number of carbonyl (C=O) groups is 1. The normalized spacial score (nSPS) is 16.8. The Morgan fingerprint density at radius 1 is 1.48 bits per heavy atom. The van der Waals surface area contributed by atoms with Crippen LogP contribution in [0.15, 0.2) is 16.3 Å².